The average Bonchev–Trinajstić information content (AvgIpc) is 3.46. The Kier molecular flexibility index (Phi) is 98.0. The van der Waals surface area contributed by atoms with Gasteiger partial charge < -0.3 is 39.4 Å². The molecule has 0 radical (unpaired) electrons. The van der Waals surface area contributed by atoms with Crippen molar-refractivity contribution in [1.82, 2.24) is 5.09 Å². The van der Waals surface area contributed by atoms with E-state index in [9.17, 15) is 27.4 Å². The maximum absolute atomic E-state index is 13.0. The maximum atomic E-state index is 13.0. The van der Waals surface area contributed by atoms with E-state index in [0.717, 1.165) is 19.3 Å². The van der Waals surface area contributed by atoms with E-state index in [-0.39, 0.29) is 160 Å². The minimum Gasteiger partial charge on any atom is -0.870 e. The Labute approximate surface area is 523 Å². The van der Waals surface area contributed by atoms with Gasteiger partial charge in [0.05, 0.1) is 77.9 Å². The normalized spacial score (nSPS) is 21.1. The van der Waals surface area contributed by atoms with Gasteiger partial charge in [-0.15, -0.1) is 13.8 Å². The van der Waals surface area contributed by atoms with Gasteiger partial charge in [0.25, 0.3) is 14.2 Å². The molecule has 0 bridgehead atoms. The number of nitrogens with one attached hydrogen (secondary N) is 1. The fraction of sp³-hybridized carbons (Fsp3) is 1.00. The van der Waals surface area contributed by atoms with Crippen LogP contribution in [0.5, 0.6) is 0 Å². The number of hydrogen-bond acceptors (Lipinski definition) is 21. The third-order valence-electron chi connectivity index (χ3n) is 7.48. The van der Waals surface area contributed by atoms with E-state index < -0.39 is 69.5 Å². The molecule has 488 valence electrons. The van der Waals surface area contributed by atoms with Gasteiger partial charge in [0.1, 0.15) is 6.10 Å². The molecule has 3 rings (SSSR count). The topological polar surface area (TPSA) is 311 Å². The van der Waals surface area contributed by atoms with Crippen molar-refractivity contribution in [3.8, 4) is 0 Å². The summed E-state index contributed by atoms with van der Waals surface area (Å²) in [6.07, 6.45) is 2.76. The fourth-order valence-corrected chi connectivity index (χ4v) is 12.2. The number of halogens is 4. The molecule has 0 aromatic rings. The predicted molar refractivity (Wildman–Crippen MR) is 333 cm³/mol. The number of ether oxygens (including phenoxy) is 3. The number of methoxy groups -OCH3 is 3. The van der Waals surface area contributed by atoms with Crippen LogP contribution >= 0.6 is 98.3 Å². The average molecular weight is 1380 g/mol. The molecule has 1 aliphatic heterocycles. The largest absolute Gasteiger partial charge is 1.00 e. The maximum Gasteiger partial charge on any atom is 1.00 e. The smallest absolute Gasteiger partial charge is 0.870 e. The van der Waals surface area contributed by atoms with E-state index in [1.807, 2.05) is 16.2 Å². The van der Waals surface area contributed by atoms with Gasteiger partial charge in [-0.1, -0.05) is 87.1 Å². The molecule has 14 unspecified atom stereocenters. The van der Waals surface area contributed by atoms with Crippen molar-refractivity contribution < 1.29 is 128 Å². The van der Waals surface area contributed by atoms with Crippen molar-refractivity contribution in [2.45, 2.75) is 203 Å². The summed E-state index contributed by atoms with van der Waals surface area (Å²) >= 11 is 11.1. The Bertz CT molecular complexity index is 1570. The van der Waals surface area contributed by atoms with Crippen LogP contribution in [-0.2, 0) is 86.8 Å². The van der Waals surface area contributed by atoms with Crippen LogP contribution in [0.25, 0.3) is 0 Å². The van der Waals surface area contributed by atoms with Gasteiger partial charge in [-0.25, -0.2) is 18.8 Å². The zero-order valence-electron chi connectivity index (χ0n) is 42.2. The van der Waals surface area contributed by atoms with Crippen molar-refractivity contribution in [3.05, 3.63) is 0 Å². The van der Waals surface area contributed by atoms with Crippen LogP contribution in [0.15, 0.2) is 0 Å². The van der Waals surface area contributed by atoms with Gasteiger partial charge >= 0.3 is 60.2 Å². The van der Waals surface area contributed by atoms with E-state index in [1.54, 1.807) is 41.9 Å². The summed E-state index contributed by atoms with van der Waals surface area (Å²) in [5.74, 6) is 0. The minimum atomic E-state index is -4.27. The van der Waals surface area contributed by atoms with Crippen LogP contribution in [0.2, 0.25) is 0 Å². The first-order valence-electron chi connectivity index (χ1n) is 20.9. The van der Waals surface area contributed by atoms with Crippen LogP contribution in [-0.4, -0.2) is 146 Å². The van der Waals surface area contributed by atoms with Gasteiger partial charge in [-0.3, -0.25) is 40.8 Å². The molecule has 14 atom stereocenters. The van der Waals surface area contributed by atoms with Gasteiger partial charge in [0.2, 0.25) is 0 Å². The first-order valence-corrected chi connectivity index (χ1v) is 34.2. The molecule has 1 saturated heterocycles. The Morgan fingerprint density at radius 2 is 1.09 bits per heavy atom. The van der Waals surface area contributed by atoms with Gasteiger partial charge in [0.15, 0.2) is 6.66 Å². The van der Waals surface area contributed by atoms with Crippen LogP contribution in [0.4, 0.5) is 0 Å². The Hall–Kier alpha value is 3.16. The van der Waals surface area contributed by atoms with Crippen molar-refractivity contribution in [1.29, 1.82) is 0 Å². The Morgan fingerprint density at radius 1 is 0.718 bits per heavy atom. The summed E-state index contributed by atoms with van der Waals surface area (Å²) in [5, 5.41) is 2.97. The van der Waals surface area contributed by atoms with Crippen molar-refractivity contribution >= 4 is 98.3 Å². The predicted octanol–water partition coefficient (Wildman–Crippen LogP) is 14.2. The molecule has 0 amide bonds. The third-order valence-corrected chi connectivity index (χ3v) is 15.2. The van der Waals surface area contributed by atoms with Gasteiger partial charge in [-0.05, 0) is 83.0 Å². The van der Waals surface area contributed by atoms with Crippen LogP contribution in [0.3, 0.4) is 0 Å². The molecule has 0 aromatic heterocycles. The molecule has 1 heterocycles. The van der Waals surface area contributed by atoms with Crippen LogP contribution in [0, 0.1) is 0 Å². The molecule has 78 heavy (non-hydrogen) atoms. The van der Waals surface area contributed by atoms with Crippen molar-refractivity contribution in [3.63, 3.8) is 0 Å². The molecule has 0 aromatic carbocycles. The van der Waals surface area contributed by atoms with Gasteiger partial charge in [0, 0.05) is 79.7 Å². The second-order valence-electron chi connectivity index (χ2n) is 14.8. The number of nitrogens with two attached hydrogens (primary N) is 1. The molecular formula is C43H117Cl4N2NaO21P7+. The van der Waals surface area contributed by atoms with E-state index >= 15 is 0 Å². The summed E-state index contributed by atoms with van der Waals surface area (Å²) in [4.78, 5) is 8.48. The molecule has 5 N–H and O–H groups in total. The molecule has 0 spiro atoms. The van der Waals surface area contributed by atoms with E-state index in [0.29, 0.717) is 19.3 Å². The van der Waals surface area contributed by atoms with E-state index in [1.165, 1.54) is 53.3 Å². The monoisotopic (exact) mass is 1380 g/mol. The SMILES string of the molecule is C.C.C.C.C.C.C.C.C.C.CC1COP(=O)(O)O1.COCC(C)OP(C)(=O)Cl.COCC(C)O[P+](C)=O.ClCl.NC1CCC1.[3H]C(P)OP(=O)(OCC(C)OP(C)(=O)NC1CCC1)OC(C)COP(=O)(Cl)OC(C)COC.[Na+].[OH-]. The Morgan fingerprint density at radius 3 is 1.38 bits per heavy atom. The first kappa shape index (κ1) is 116. The number of rotatable bonds is 26. The molecular weight excluding hydrogens is 1260 g/mol. The minimum absolute atomic E-state index is 0. The first-order chi connectivity index (χ1) is 30.8. The second-order valence-corrected chi connectivity index (χ2v) is 27.4. The van der Waals surface area contributed by atoms with Crippen molar-refractivity contribution in [2.24, 2.45) is 5.73 Å². The van der Waals surface area contributed by atoms with Gasteiger partial charge in [-0.2, -0.15) is 0 Å². The number of phosphoric ester groups is 2. The quantitative estimate of drug-likeness (QED) is 0.0535. The zero-order chi connectivity index (χ0) is 52.7. The van der Waals surface area contributed by atoms with Crippen molar-refractivity contribution in [2.75, 3.05) is 87.3 Å². The second kappa shape index (κ2) is 66.1. The molecule has 23 nitrogen and oxygen atoms in total. The summed E-state index contributed by atoms with van der Waals surface area (Å²) in [6, 6.07) is 0.725. The molecule has 2 aliphatic carbocycles. The van der Waals surface area contributed by atoms with E-state index in [4.69, 9.17) is 84.9 Å². The molecule has 2 saturated carbocycles. The fourth-order valence-electron chi connectivity index (χ4n) is 4.62. The number of hydrogen-bond donors (Lipinski definition) is 3. The third kappa shape index (κ3) is 75.3. The van der Waals surface area contributed by atoms with Crippen LogP contribution in [0.1, 0.15) is 156 Å². The molecule has 35 heteroatoms. The Balaban J connectivity index is -0.0000000569. The summed E-state index contributed by atoms with van der Waals surface area (Å²) in [6.45, 7) is 8.09. The molecule has 3 fully saturated rings. The summed E-state index contributed by atoms with van der Waals surface area (Å²) < 4.78 is 141. The summed E-state index contributed by atoms with van der Waals surface area (Å²) in [7, 11) is 2.37. The van der Waals surface area contributed by atoms with Crippen LogP contribution < -0.4 is 40.4 Å². The molecule has 3 aliphatic rings. The summed E-state index contributed by atoms with van der Waals surface area (Å²) in [5.41, 5.74) is 5.38. The standard InChI is InChI=1S/C16H36ClNO10P4.C5H12ClO3P.C5H12O3P.C4H9N.C3H7O4P.10CH4.Cl2.Na.H2O/c1-13(9-22-4)27-31(17,20)23-10-15(3)28-32(21,25-12-29)24-11-14(2)26-30(5,19)18-16-7-6-8-16;1-5(4-8-2)9-10(3,6)7;1-5(4-7-2)8-9(3)6;5-4-2-1-3-4;1-3-2-6-8(4,5)7-3;;;;;;;;;;;1-2;;/h13-16H,6-12,29H2,1-5H3,(H,18,19);5H,4H2,1-3H3;5H,4H2,1-3H3;4H,1-3,5H2;3H,2H2,1H3,(H,4,5);10*1H4;;;1H2/q;;+1;;;;;;;;;;;;;;+1;/p-1/i12T;;;;;;;;;;;;;;;;;. The number of phosphoric acid groups is 2. The van der Waals surface area contributed by atoms with E-state index in [2.05, 4.69) is 35.8 Å². The zero-order valence-corrected chi connectivity index (χ0v) is 52.7.